The minimum absolute atomic E-state index is 0.102. The van der Waals surface area contributed by atoms with Crippen molar-refractivity contribution in [1.29, 1.82) is 0 Å². The summed E-state index contributed by atoms with van der Waals surface area (Å²) in [6.07, 6.45) is 0. The Labute approximate surface area is 143 Å². The van der Waals surface area contributed by atoms with Crippen molar-refractivity contribution in [2.45, 2.75) is 13.2 Å². The van der Waals surface area contributed by atoms with Crippen molar-refractivity contribution in [2.24, 2.45) is 0 Å². The second-order valence-electron chi connectivity index (χ2n) is 5.32. The van der Waals surface area contributed by atoms with E-state index in [2.05, 4.69) is 5.32 Å². The molecule has 1 aromatic heterocycles. The Balaban J connectivity index is 1.60. The summed E-state index contributed by atoms with van der Waals surface area (Å²) in [5, 5.41) is 11.8. The van der Waals surface area contributed by atoms with Gasteiger partial charge in [0.05, 0.1) is 6.61 Å². The number of ether oxygens (including phenoxy) is 1. The minimum atomic E-state index is -0.400. The Hall–Kier alpha value is -3.12. The highest BCUT2D eigenvalue weighted by Crippen LogP contribution is 2.17. The molecule has 6 heteroatoms. The van der Waals surface area contributed by atoms with Crippen molar-refractivity contribution in [3.05, 3.63) is 83.6 Å². The molecule has 0 unspecified atom stereocenters. The van der Waals surface area contributed by atoms with E-state index in [0.29, 0.717) is 22.8 Å². The van der Waals surface area contributed by atoms with E-state index >= 15 is 0 Å². The van der Waals surface area contributed by atoms with Gasteiger partial charge in [0.1, 0.15) is 23.9 Å². The molecule has 5 nitrogen and oxygen atoms in total. The molecule has 3 rings (SSSR count). The number of furan rings is 1. The maximum atomic E-state index is 12.8. The highest BCUT2D eigenvalue weighted by Gasteiger charge is 2.12. The average Bonchev–Trinajstić information content (AvgIpc) is 3.10. The normalized spacial score (nSPS) is 10.5. The van der Waals surface area contributed by atoms with Crippen LogP contribution in [0, 0.1) is 5.82 Å². The molecule has 2 aromatic carbocycles. The first-order chi connectivity index (χ1) is 12.1. The van der Waals surface area contributed by atoms with Crippen molar-refractivity contribution in [2.75, 3.05) is 5.32 Å². The molecule has 0 aliphatic carbocycles. The molecule has 0 saturated carbocycles. The zero-order valence-electron chi connectivity index (χ0n) is 13.2. The van der Waals surface area contributed by atoms with Gasteiger partial charge in [-0.15, -0.1) is 0 Å². The van der Waals surface area contributed by atoms with E-state index in [-0.39, 0.29) is 24.8 Å². The van der Waals surface area contributed by atoms with Gasteiger partial charge in [0.25, 0.3) is 5.91 Å². The van der Waals surface area contributed by atoms with Gasteiger partial charge in [-0.2, -0.15) is 0 Å². The van der Waals surface area contributed by atoms with Gasteiger partial charge in [0.15, 0.2) is 5.76 Å². The molecule has 0 aliphatic heterocycles. The van der Waals surface area contributed by atoms with E-state index in [1.807, 2.05) is 0 Å². The second kappa shape index (κ2) is 7.63. The van der Waals surface area contributed by atoms with Crippen LogP contribution in [0.25, 0.3) is 0 Å². The smallest absolute Gasteiger partial charge is 0.291 e. The molecule has 0 radical (unpaired) electrons. The number of rotatable bonds is 6. The monoisotopic (exact) mass is 341 g/mol. The molecule has 0 saturated heterocycles. The molecule has 0 bridgehead atoms. The van der Waals surface area contributed by atoms with Crippen molar-refractivity contribution in [3.63, 3.8) is 0 Å². The van der Waals surface area contributed by atoms with Crippen molar-refractivity contribution in [3.8, 4) is 5.75 Å². The van der Waals surface area contributed by atoms with Gasteiger partial charge < -0.3 is 19.6 Å². The summed E-state index contributed by atoms with van der Waals surface area (Å²) in [5.74, 6) is 0.382. The van der Waals surface area contributed by atoms with Crippen LogP contribution in [0.1, 0.15) is 21.9 Å². The Morgan fingerprint density at radius 1 is 1.12 bits per heavy atom. The number of carbonyl (C=O) groups is 1. The quantitative estimate of drug-likeness (QED) is 0.716. The first kappa shape index (κ1) is 16.7. The zero-order valence-corrected chi connectivity index (χ0v) is 13.2. The zero-order chi connectivity index (χ0) is 17.6. The predicted octanol–water partition coefficient (Wildman–Crippen LogP) is 3.74. The Morgan fingerprint density at radius 2 is 1.92 bits per heavy atom. The topological polar surface area (TPSA) is 71.7 Å². The van der Waals surface area contributed by atoms with Gasteiger partial charge in [-0.3, -0.25) is 4.79 Å². The molecule has 1 amide bonds. The van der Waals surface area contributed by atoms with Gasteiger partial charge in [-0.05, 0) is 54.1 Å². The number of nitrogens with one attached hydrogen (secondary N) is 1. The summed E-state index contributed by atoms with van der Waals surface area (Å²) in [7, 11) is 0. The highest BCUT2D eigenvalue weighted by molar-refractivity contribution is 6.02. The standard InChI is InChI=1S/C19H16FNO4/c20-14-4-6-16(7-5-14)24-12-17-8-9-18(25-17)19(23)21-15-3-1-2-13(10-15)11-22/h1-10,22H,11-12H2,(H,21,23). The third kappa shape index (κ3) is 4.45. The molecule has 128 valence electrons. The van der Waals surface area contributed by atoms with Crippen LogP contribution in [0.15, 0.2) is 65.1 Å². The van der Waals surface area contributed by atoms with Crippen LogP contribution in [0.3, 0.4) is 0 Å². The van der Waals surface area contributed by atoms with Crippen LogP contribution >= 0.6 is 0 Å². The lowest BCUT2D eigenvalue weighted by Crippen LogP contribution is -2.11. The molecule has 0 aliphatic rings. The van der Waals surface area contributed by atoms with Gasteiger partial charge >= 0.3 is 0 Å². The number of carbonyl (C=O) groups excluding carboxylic acids is 1. The molecule has 1 heterocycles. The van der Waals surface area contributed by atoms with E-state index in [1.54, 1.807) is 36.4 Å². The van der Waals surface area contributed by atoms with E-state index in [9.17, 15) is 9.18 Å². The summed E-state index contributed by atoms with van der Waals surface area (Å²) >= 11 is 0. The molecule has 3 aromatic rings. The third-order valence-corrected chi connectivity index (χ3v) is 3.45. The van der Waals surface area contributed by atoms with Crippen LogP contribution < -0.4 is 10.1 Å². The molecular weight excluding hydrogens is 325 g/mol. The summed E-state index contributed by atoms with van der Waals surface area (Å²) in [5.41, 5.74) is 1.27. The van der Waals surface area contributed by atoms with Crippen LogP contribution in [-0.2, 0) is 13.2 Å². The number of aliphatic hydroxyl groups excluding tert-OH is 1. The molecular formula is C19H16FNO4. The van der Waals surface area contributed by atoms with Gasteiger partial charge in [-0.1, -0.05) is 12.1 Å². The van der Waals surface area contributed by atoms with Crippen LogP contribution in [0.4, 0.5) is 10.1 Å². The number of benzene rings is 2. The third-order valence-electron chi connectivity index (χ3n) is 3.45. The fraction of sp³-hybridized carbons (Fsp3) is 0.105. The minimum Gasteiger partial charge on any atom is -0.486 e. The van der Waals surface area contributed by atoms with E-state index in [4.69, 9.17) is 14.3 Å². The molecule has 2 N–H and O–H groups in total. The fourth-order valence-corrected chi connectivity index (χ4v) is 2.20. The SMILES string of the molecule is O=C(Nc1cccc(CO)c1)c1ccc(COc2ccc(F)cc2)o1. The number of amides is 1. The summed E-state index contributed by atoms with van der Waals surface area (Å²) in [4.78, 5) is 12.2. The molecule has 25 heavy (non-hydrogen) atoms. The predicted molar refractivity (Wildman–Crippen MR) is 89.8 cm³/mol. The van der Waals surface area contributed by atoms with E-state index in [1.165, 1.54) is 24.3 Å². The first-order valence-corrected chi connectivity index (χ1v) is 7.62. The Morgan fingerprint density at radius 3 is 2.68 bits per heavy atom. The lowest BCUT2D eigenvalue weighted by atomic mass is 10.2. The lowest BCUT2D eigenvalue weighted by Gasteiger charge is -2.05. The average molecular weight is 341 g/mol. The van der Waals surface area contributed by atoms with Gasteiger partial charge in [0.2, 0.25) is 0 Å². The molecule has 0 atom stereocenters. The fourth-order valence-electron chi connectivity index (χ4n) is 2.20. The maximum absolute atomic E-state index is 12.8. The number of hydrogen-bond acceptors (Lipinski definition) is 4. The van der Waals surface area contributed by atoms with Crippen LogP contribution in [0.5, 0.6) is 5.75 Å². The summed E-state index contributed by atoms with van der Waals surface area (Å²) in [6.45, 7) is 0.0221. The highest BCUT2D eigenvalue weighted by atomic mass is 19.1. The summed E-state index contributed by atoms with van der Waals surface area (Å²) in [6, 6.07) is 15.7. The number of hydrogen-bond donors (Lipinski definition) is 2. The lowest BCUT2D eigenvalue weighted by molar-refractivity contribution is 0.0992. The molecule has 0 fully saturated rings. The maximum Gasteiger partial charge on any atom is 0.291 e. The first-order valence-electron chi connectivity index (χ1n) is 7.62. The van der Waals surface area contributed by atoms with Crippen molar-refractivity contribution in [1.82, 2.24) is 0 Å². The van der Waals surface area contributed by atoms with E-state index < -0.39 is 5.91 Å². The van der Waals surface area contributed by atoms with Gasteiger partial charge in [0, 0.05) is 5.69 Å². The number of aliphatic hydroxyl groups is 1. The molecule has 0 spiro atoms. The van der Waals surface area contributed by atoms with Gasteiger partial charge in [-0.25, -0.2) is 4.39 Å². The van der Waals surface area contributed by atoms with Crippen LogP contribution in [-0.4, -0.2) is 11.0 Å². The Bertz CT molecular complexity index is 858. The summed E-state index contributed by atoms with van der Waals surface area (Å²) < 4.78 is 23.8. The largest absolute Gasteiger partial charge is 0.486 e. The van der Waals surface area contributed by atoms with E-state index in [0.717, 1.165) is 0 Å². The van der Waals surface area contributed by atoms with Crippen LogP contribution in [0.2, 0.25) is 0 Å². The van der Waals surface area contributed by atoms with Crippen molar-refractivity contribution >= 4 is 11.6 Å². The Kier molecular flexibility index (Phi) is 5.11. The number of halogens is 1. The number of anilines is 1. The second-order valence-corrected chi connectivity index (χ2v) is 5.32. The van der Waals surface area contributed by atoms with Crippen molar-refractivity contribution < 1.29 is 23.4 Å².